The van der Waals surface area contributed by atoms with E-state index >= 15 is 0 Å². The Balaban J connectivity index is 1.65. The highest BCUT2D eigenvalue weighted by Gasteiger charge is 2.63. The van der Waals surface area contributed by atoms with Crippen LogP contribution in [0.4, 0.5) is 4.79 Å². The van der Waals surface area contributed by atoms with Crippen molar-refractivity contribution in [2.75, 3.05) is 6.54 Å². The lowest BCUT2D eigenvalue weighted by Crippen LogP contribution is -2.60. The van der Waals surface area contributed by atoms with Gasteiger partial charge in [0.15, 0.2) is 0 Å². The number of hydrogen-bond acceptors (Lipinski definition) is 8. The monoisotopic (exact) mass is 570 g/mol. The summed E-state index contributed by atoms with van der Waals surface area (Å²) in [6, 6.07) is -2.52. The van der Waals surface area contributed by atoms with Crippen molar-refractivity contribution in [2.24, 2.45) is 5.92 Å². The minimum atomic E-state index is -3.96. The summed E-state index contributed by atoms with van der Waals surface area (Å²) in [5.41, 5.74) is -1.53. The van der Waals surface area contributed by atoms with E-state index in [0.29, 0.717) is 32.1 Å². The quantitative estimate of drug-likeness (QED) is 0.283. The Kier molecular flexibility index (Phi) is 8.03. The molecular formula is C25H38N4O9S. The summed E-state index contributed by atoms with van der Waals surface area (Å²) in [6.07, 6.45) is 2.26. The number of ether oxygens (including phenoxy) is 1. The average molecular weight is 571 g/mol. The number of carboxylic acid groups (broad SMARTS) is 1. The molecule has 13 nitrogen and oxygen atoms in total. The van der Waals surface area contributed by atoms with Crippen LogP contribution in [0.3, 0.4) is 0 Å². The molecule has 0 aromatic rings. The van der Waals surface area contributed by atoms with Crippen LogP contribution < -0.4 is 15.4 Å². The number of allylic oxidation sites excluding steroid dienone is 1. The second-order valence-corrected chi connectivity index (χ2v) is 13.6. The summed E-state index contributed by atoms with van der Waals surface area (Å²) >= 11 is 0. The molecule has 4 amide bonds. The fraction of sp³-hybridized carbons (Fsp3) is 0.760. The Bertz CT molecular complexity index is 1150. The van der Waals surface area contributed by atoms with E-state index in [1.807, 2.05) is 13.0 Å². The van der Waals surface area contributed by atoms with Gasteiger partial charge in [0, 0.05) is 18.9 Å². The molecule has 5 N–H and O–H groups in total. The van der Waals surface area contributed by atoms with Gasteiger partial charge in [0.2, 0.25) is 21.8 Å². The van der Waals surface area contributed by atoms with Crippen LogP contribution in [-0.4, -0.2) is 94.6 Å². The highest BCUT2D eigenvalue weighted by atomic mass is 32.2. The molecule has 7 atom stereocenters. The van der Waals surface area contributed by atoms with Crippen molar-refractivity contribution in [3.8, 4) is 0 Å². The van der Waals surface area contributed by atoms with Crippen molar-refractivity contribution in [1.82, 2.24) is 20.3 Å². The lowest BCUT2D eigenvalue weighted by molar-refractivity contribution is -0.145. The first-order valence-electron chi connectivity index (χ1n) is 13.4. The van der Waals surface area contributed by atoms with Crippen LogP contribution in [0.1, 0.15) is 65.7 Å². The van der Waals surface area contributed by atoms with Gasteiger partial charge in [-0.25, -0.2) is 13.2 Å². The second kappa shape index (κ2) is 10.7. The molecule has 4 aliphatic rings. The first-order chi connectivity index (χ1) is 18.2. The molecule has 4 rings (SSSR count). The van der Waals surface area contributed by atoms with Crippen LogP contribution in [0.15, 0.2) is 12.2 Å². The van der Waals surface area contributed by atoms with Crippen molar-refractivity contribution in [2.45, 2.75) is 106 Å². The van der Waals surface area contributed by atoms with E-state index < -0.39 is 74.3 Å². The average Bonchev–Trinajstić information content (AvgIpc) is 3.73. The summed E-state index contributed by atoms with van der Waals surface area (Å²) in [5.74, 6) is -2.76. The Hall–Kier alpha value is -2.71. The van der Waals surface area contributed by atoms with Crippen LogP contribution >= 0.6 is 0 Å². The minimum Gasteiger partial charge on any atom is -0.465 e. The molecule has 1 saturated heterocycles. The summed E-state index contributed by atoms with van der Waals surface area (Å²) in [7, 11) is -3.96. The van der Waals surface area contributed by atoms with Gasteiger partial charge in [0.05, 0.1) is 23.1 Å². The number of carbonyl (C=O) groups excluding carboxylic acids is 3. The number of nitrogens with zero attached hydrogens (tertiary/aromatic N) is 1. The van der Waals surface area contributed by atoms with Gasteiger partial charge in [-0.05, 0) is 52.4 Å². The van der Waals surface area contributed by atoms with Gasteiger partial charge in [0.1, 0.15) is 17.6 Å². The first-order valence-corrected chi connectivity index (χ1v) is 14.9. The number of carbonyl (C=O) groups is 4. The molecule has 0 aromatic heterocycles. The number of amides is 4. The Labute approximate surface area is 227 Å². The zero-order valence-corrected chi connectivity index (χ0v) is 23.2. The lowest BCUT2D eigenvalue weighted by atomic mass is 10.0. The normalized spacial score (nSPS) is 37.3. The van der Waals surface area contributed by atoms with E-state index in [1.54, 1.807) is 19.9 Å². The van der Waals surface area contributed by atoms with Gasteiger partial charge < -0.3 is 30.5 Å². The molecule has 218 valence electrons. The minimum absolute atomic E-state index is 0.125. The summed E-state index contributed by atoms with van der Waals surface area (Å²) in [5, 5.41) is 24.7. The lowest BCUT2D eigenvalue weighted by Gasteiger charge is -2.33. The number of hydrogen-bond donors (Lipinski definition) is 5. The van der Waals surface area contributed by atoms with E-state index in [9.17, 15) is 37.8 Å². The number of fused-ring (bicyclic) bond motifs is 2. The molecule has 3 fully saturated rings. The van der Waals surface area contributed by atoms with Crippen molar-refractivity contribution in [3.05, 3.63) is 12.2 Å². The van der Waals surface area contributed by atoms with Crippen molar-refractivity contribution < 1.29 is 42.5 Å². The number of rotatable bonds is 5. The molecule has 14 heteroatoms. The van der Waals surface area contributed by atoms with Crippen molar-refractivity contribution >= 4 is 33.8 Å². The van der Waals surface area contributed by atoms with Crippen LogP contribution in [0.2, 0.25) is 0 Å². The molecule has 0 spiro atoms. The number of aliphatic hydroxyl groups excluding tert-OH is 1. The second-order valence-electron chi connectivity index (χ2n) is 11.4. The molecule has 2 heterocycles. The SMILES string of the molecule is CC[C@@H]1O[C@H](C)CC/C=C\C2CC2(C(=O)NS(=O)(=O)C2(C)CC2)NC(=O)[C@@H]2C[C@@H](O)CN2C(=O)[C@H]1NC(=O)O. The van der Waals surface area contributed by atoms with Gasteiger partial charge in [-0.1, -0.05) is 19.1 Å². The largest absolute Gasteiger partial charge is 0.465 e. The Morgan fingerprint density at radius 2 is 1.97 bits per heavy atom. The van der Waals surface area contributed by atoms with E-state index in [2.05, 4.69) is 15.4 Å². The van der Waals surface area contributed by atoms with E-state index in [0.717, 1.165) is 4.90 Å². The number of nitrogens with one attached hydrogen (secondary N) is 3. The third-order valence-corrected chi connectivity index (χ3v) is 10.5. The van der Waals surface area contributed by atoms with Gasteiger partial charge in [-0.15, -0.1) is 0 Å². The summed E-state index contributed by atoms with van der Waals surface area (Å²) < 4.78 is 32.7. The molecule has 39 heavy (non-hydrogen) atoms. The van der Waals surface area contributed by atoms with Crippen LogP contribution in [0.5, 0.6) is 0 Å². The zero-order chi connectivity index (χ0) is 28.8. The predicted octanol–water partition coefficient (Wildman–Crippen LogP) is -0.00850. The van der Waals surface area contributed by atoms with E-state index in [-0.39, 0.29) is 25.5 Å². The molecular weight excluding hydrogens is 532 g/mol. The molecule has 0 bridgehead atoms. The van der Waals surface area contributed by atoms with Crippen LogP contribution in [0.25, 0.3) is 0 Å². The summed E-state index contributed by atoms with van der Waals surface area (Å²) in [4.78, 5) is 53.2. The standard InChI is InChI=1S/C25H38N4O9S/c1-4-18-19(26-23(34)35)21(32)29-13-16(30)11-17(29)20(31)27-25(12-15(25)8-6-5-7-14(2)38-18)22(33)28-39(36,37)24(3)9-10-24/h6,8,14-19,26,30H,4-5,7,9-13H2,1-3H3,(H,27,31)(H,28,33)(H,34,35)/b8-6-/t14-,15?,16-,17+,18+,19+,25?/m1/s1. The zero-order valence-electron chi connectivity index (χ0n) is 22.4. The molecule has 2 aliphatic carbocycles. The van der Waals surface area contributed by atoms with E-state index in [1.165, 1.54) is 0 Å². The summed E-state index contributed by atoms with van der Waals surface area (Å²) in [6.45, 7) is 4.90. The smallest absolute Gasteiger partial charge is 0.405 e. The topological polar surface area (TPSA) is 191 Å². The fourth-order valence-electron chi connectivity index (χ4n) is 5.37. The van der Waals surface area contributed by atoms with E-state index in [4.69, 9.17) is 4.74 Å². The van der Waals surface area contributed by atoms with Gasteiger partial charge >= 0.3 is 6.09 Å². The third-order valence-electron chi connectivity index (χ3n) is 8.30. The predicted molar refractivity (Wildman–Crippen MR) is 138 cm³/mol. The van der Waals surface area contributed by atoms with Gasteiger partial charge in [0.25, 0.3) is 5.91 Å². The Morgan fingerprint density at radius 3 is 2.59 bits per heavy atom. The Morgan fingerprint density at radius 1 is 1.28 bits per heavy atom. The van der Waals surface area contributed by atoms with Crippen molar-refractivity contribution in [3.63, 3.8) is 0 Å². The molecule has 2 saturated carbocycles. The van der Waals surface area contributed by atoms with Gasteiger partial charge in [-0.2, -0.15) is 0 Å². The first kappa shape index (κ1) is 29.3. The molecule has 0 aromatic carbocycles. The maximum atomic E-state index is 13.6. The van der Waals surface area contributed by atoms with Crippen molar-refractivity contribution in [1.29, 1.82) is 0 Å². The highest BCUT2D eigenvalue weighted by Crippen LogP contribution is 2.47. The molecule has 0 radical (unpaired) electrons. The van der Waals surface area contributed by atoms with Crippen LogP contribution in [-0.2, 0) is 29.1 Å². The number of aliphatic hydroxyl groups is 1. The van der Waals surface area contributed by atoms with Crippen LogP contribution in [0, 0.1) is 5.92 Å². The highest BCUT2D eigenvalue weighted by molar-refractivity contribution is 7.91. The molecule has 2 aliphatic heterocycles. The third kappa shape index (κ3) is 5.92. The fourth-order valence-corrected chi connectivity index (χ4v) is 6.68. The van der Waals surface area contributed by atoms with Gasteiger partial charge in [-0.3, -0.25) is 19.1 Å². The number of sulfonamides is 1. The molecule has 2 unspecified atom stereocenters. The maximum Gasteiger partial charge on any atom is 0.405 e. The maximum absolute atomic E-state index is 13.6.